The highest BCUT2D eigenvalue weighted by Gasteiger charge is 2.25. The smallest absolute Gasteiger partial charge is 0.221 e. The maximum Gasteiger partial charge on any atom is 0.221 e. The molecule has 0 aliphatic rings. The summed E-state index contributed by atoms with van der Waals surface area (Å²) in [6.45, 7) is 5.52. The van der Waals surface area contributed by atoms with E-state index in [1.807, 2.05) is 6.92 Å². The van der Waals surface area contributed by atoms with Crippen LogP contribution in [0.15, 0.2) is 29.2 Å². The van der Waals surface area contributed by atoms with Crippen LogP contribution in [0.2, 0.25) is 0 Å². The summed E-state index contributed by atoms with van der Waals surface area (Å²) < 4.78 is 37.4. The lowest BCUT2D eigenvalue weighted by molar-refractivity contribution is -0.121. The lowest BCUT2D eigenvalue weighted by Crippen LogP contribution is -2.34. The molecule has 1 unspecified atom stereocenters. The van der Waals surface area contributed by atoms with Gasteiger partial charge in [-0.1, -0.05) is 6.92 Å². The number of sulfone groups is 1. The SMILES string of the molecule is CCCNCCNC(=O)CC(C)S(=O)(=O)c1ccc(F)cc1. The first kappa shape index (κ1) is 18.6. The van der Waals surface area contributed by atoms with E-state index in [2.05, 4.69) is 10.6 Å². The van der Waals surface area contributed by atoms with Crippen molar-refractivity contribution in [2.75, 3.05) is 19.6 Å². The van der Waals surface area contributed by atoms with Crippen LogP contribution in [-0.4, -0.2) is 39.2 Å². The molecule has 0 saturated heterocycles. The molecule has 2 N–H and O–H groups in total. The van der Waals surface area contributed by atoms with Gasteiger partial charge in [-0.25, -0.2) is 12.8 Å². The molecule has 5 nitrogen and oxygen atoms in total. The lowest BCUT2D eigenvalue weighted by Gasteiger charge is -2.13. The van der Waals surface area contributed by atoms with Gasteiger partial charge in [-0.05, 0) is 44.2 Å². The van der Waals surface area contributed by atoms with E-state index in [4.69, 9.17) is 0 Å². The third-order valence-electron chi connectivity index (χ3n) is 3.20. The molecule has 0 bridgehead atoms. The van der Waals surface area contributed by atoms with E-state index in [0.29, 0.717) is 13.1 Å². The van der Waals surface area contributed by atoms with Gasteiger partial charge in [0.15, 0.2) is 9.84 Å². The van der Waals surface area contributed by atoms with Crippen molar-refractivity contribution in [3.8, 4) is 0 Å². The zero-order chi connectivity index (χ0) is 16.6. The first-order valence-corrected chi connectivity index (χ1v) is 8.89. The Hall–Kier alpha value is -1.47. The van der Waals surface area contributed by atoms with Crippen molar-refractivity contribution in [2.45, 2.75) is 36.8 Å². The Kier molecular flexibility index (Phi) is 7.47. The van der Waals surface area contributed by atoms with Gasteiger partial charge in [0, 0.05) is 19.5 Å². The molecule has 124 valence electrons. The standard InChI is InChI=1S/C15H23FN2O3S/c1-3-8-17-9-10-18-15(19)11-12(2)22(20,21)14-6-4-13(16)5-7-14/h4-7,12,17H,3,8-11H2,1-2H3,(H,18,19). The van der Waals surface area contributed by atoms with Crippen LogP contribution in [0.1, 0.15) is 26.7 Å². The molecule has 0 aromatic heterocycles. The molecule has 0 aliphatic carbocycles. The first-order valence-electron chi connectivity index (χ1n) is 7.34. The lowest BCUT2D eigenvalue weighted by atomic mass is 10.3. The van der Waals surface area contributed by atoms with Crippen LogP contribution in [0.5, 0.6) is 0 Å². The van der Waals surface area contributed by atoms with Crippen LogP contribution in [0, 0.1) is 5.82 Å². The van der Waals surface area contributed by atoms with Crippen molar-refractivity contribution in [1.29, 1.82) is 0 Å². The molecule has 1 aromatic rings. The van der Waals surface area contributed by atoms with E-state index in [9.17, 15) is 17.6 Å². The highest BCUT2D eigenvalue weighted by Crippen LogP contribution is 2.18. The van der Waals surface area contributed by atoms with Crippen LogP contribution in [0.3, 0.4) is 0 Å². The predicted octanol–water partition coefficient (Wildman–Crippen LogP) is 1.49. The number of rotatable bonds is 9. The summed E-state index contributed by atoms with van der Waals surface area (Å²) in [7, 11) is -3.63. The van der Waals surface area contributed by atoms with Gasteiger partial charge < -0.3 is 10.6 Å². The number of amides is 1. The van der Waals surface area contributed by atoms with E-state index in [1.165, 1.54) is 19.1 Å². The molecule has 1 aromatic carbocycles. The molecule has 0 heterocycles. The van der Waals surface area contributed by atoms with Crippen LogP contribution in [0.25, 0.3) is 0 Å². The number of nitrogens with one attached hydrogen (secondary N) is 2. The molecule has 1 atom stereocenters. The quantitative estimate of drug-likeness (QED) is 0.531. The van der Waals surface area contributed by atoms with Gasteiger partial charge in [0.1, 0.15) is 5.82 Å². The third kappa shape index (κ3) is 5.73. The fourth-order valence-corrected chi connectivity index (χ4v) is 3.24. The molecular weight excluding hydrogens is 307 g/mol. The molecule has 1 amide bonds. The number of carbonyl (C=O) groups excluding carboxylic acids is 1. The average Bonchev–Trinajstić information content (AvgIpc) is 2.47. The minimum atomic E-state index is -3.63. The van der Waals surface area contributed by atoms with Crippen molar-refractivity contribution in [1.82, 2.24) is 10.6 Å². The van der Waals surface area contributed by atoms with Crippen LogP contribution < -0.4 is 10.6 Å². The van der Waals surface area contributed by atoms with Crippen LogP contribution in [-0.2, 0) is 14.6 Å². The molecule has 1 rings (SSSR count). The average molecular weight is 330 g/mol. The van der Waals surface area contributed by atoms with Gasteiger partial charge in [0.2, 0.25) is 5.91 Å². The van der Waals surface area contributed by atoms with E-state index in [0.717, 1.165) is 25.1 Å². The van der Waals surface area contributed by atoms with Gasteiger partial charge in [-0.3, -0.25) is 4.79 Å². The Morgan fingerprint density at radius 3 is 2.41 bits per heavy atom. The number of carbonyl (C=O) groups is 1. The van der Waals surface area contributed by atoms with Gasteiger partial charge in [0.05, 0.1) is 10.1 Å². The van der Waals surface area contributed by atoms with E-state index in [1.54, 1.807) is 0 Å². The van der Waals surface area contributed by atoms with Gasteiger partial charge >= 0.3 is 0 Å². The van der Waals surface area contributed by atoms with Crippen LogP contribution in [0.4, 0.5) is 4.39 Å². The maximum absolute atomic E-state index is 12.8. The Morgan fingerprint density at radius 2 is 1.82 bits per heavy atom. The topological polar surface area (TPSA) is 75.3 Å². The Bertz CT molecular complexity index is 573. The Labute approximate surface area is 131 Å². The largest absolute Gasteiger partial charge is 0.355 e. The fraction of sp³-hybridized carbons (Fsp3) is 0.533. The minimum absolute atomic E-state index is 0.0267. The predicted molar refractivity (Wildman–Crippen MR) is 83.8 cm³/mol. The van der Waals surface area contributed by atoms with Crippen LogP contribution >= 0.6 is 0 Å². The van der Waals surface area contributed by atoms with Crippen molar-refractivity contribution >= 4 is 15.7 Å². The normalized spacial score (nSPS) is 12.9. The molecular formula is C15H23FN2O3S. The second kappa shape index (κ2) is 8.85. The summed E-state index contributed by atoms with van der Waals surface area (Å²) in [5.74, 6) is -0.805. The highest BCUT2D eigenvalue weighted by molar-refractivity contribution is 7.92. The third-order valence-corrected chi connectivity index (χ3v) is 5.35. The second-order valence-electron chi connectivity index (χ2n) is 5.11. The van der Waals surface area contributed by atoms with Crippen molar-refractivity contribution in [3.05, 3.63) is 30.1 Å². The molecule has 0 fully saturated rings. The molecule has 0 saturated carbocycles. The highest BCUT2D eigenvalue weighted by atomic mass is 32.2. The molecule has 22 heavy (non-hydrogen) atoms. The number of hydrogen-bond donors (Lipinski definition) is 2. The summed E-state index contributed by atoms with van der Waals surface area (Å²) in [5, 5.41) is 4.96. The summed E-state index contributed by atoms with van der Waals surface area (Å²) in [4.78, 5) is 11.8. The number of halogens is 1. The fourth-order valence-electron chi connectivity index (χ4n) is 1.89. The van der Waals surface area contributed by atoms with Gasteiger partial charge in [-0.15, -0.1) is 0 Å². The first-order chi connectivity index (χ1) is 10.4. The number of benzene rings is 1. The second-order valence-corrected chi connectivity index (χ2v) is 7.48. The van der Waals surface area contributed by atoms with E-state index < -0.39 is 20.9 Å². The summed E-state index contributed by atoms with van der Waals surface area (Å²) >= 11 is 0. The monoisotopic (exact) mass is 330 g/mol. The molecule has 0 aliphatic heterocycles. The maximum atomic E-state index is 12.8. The van der Waals surface area contributed by atoms with Gasteiger partial charge in [0.25, 0.3) is 0 Å². The Balaban J connectivity index is 2.51. The van der Waals surface area contributed by atoms with E-state index in [-0.39, 0.29) is 17.2 Å². The minimum Gasteiger partial charge on any atom is -0.355 e. The van der Waals surface area contributed by atoms with Crippen molar-refractivity contribution in [2.24, 2.45) is 0 Å². The van der Waals surface area contributed by atoms with E-state index >= 15 is 0 Å². The van der Waals surface area contributed by atoms with Gasteiger partial charge in [-0.2, -0.15) is 0 Å². The van der Waals surface area contributed by atoms with Crippen molar-refractivity contribution < 1.29 is 17.6 Å². The summed E-state index contributed by atoms with van der Waals surface area (Å²) in [6.07, 6.45) is 0.897. The molecule has 7 heteroatoms. The molecule has 0 radical (unpaired) electrons. The number of hydrogen-bond acceptors (Lipinski definition) is 4. The zero-order valence-electron chi connectivity index (χ0n) is 12.9. The summed E-state index contributed by atoms with van der Waals surface area (Å²) in [6, 6.07) is 4.62. The molecule has 0 spiro atoms. The summed E-state index contributed by atoms with van der Waals surface area (Å²) in [5.41, 5.74) is 0. The van der Waals surface area contributed by atoms with Crippen molar-refractivity contribution in [3.63, 3.8) is 0 Å². The Morgan fingerprint density at radius 1 is 1.18 bits per heavy atom. The zero-order valence-corrected chi connectivity index (χ0v) is 13.7.